The number of halogens is 2. The van der Waals surface area contributed by atoms with Gasteiger partial charge in [0.25, 0.3) is 0 Å². The molecule has 6 heteroatoms. The molecule has 21 heavy (non-hydrogen) atoms. The minimum absolute atomic E-state index is 0.574. The number of benzene rings is 1. The maximum atomic E-state index is 5.74. The van der Waals surface area contributed by atoms with Gasteiger partial charge >= 0.3 is 0 Å². The van der Waals surface area contributed by atoms with Crippen molar-refractivity contribution in [3.8, 4) is 11.5 Å². The molecular formula is C15H16Br2N2O2. The van der Waals surface area contributed by atoms with Gasteiger partial charge in [-0.15, -0.1) is 0 Å². The largest absolute Gasteiger partial charge is 0.496 e. The maximum absolute atomic E-state index is 5.74. The summed E-state index contributed by atoms with van der Waals surface area (Å²) < 4.78 is 12.7. The summed E-state index contributed by atoms with van der Waals surface area (Å²) in [6, 6.07) is 9.64. The molecule has 0 aliphatic carbocycles. The number of pyridine rings is 1. The van der Waals surface area contributed by atoms with Crippen LogP contribution in [0.25, 0.3) is 0 Å². The third-order valence-corrected chi connectivity index (χ3v) is 4.01. The van der Waals surface area contributed by atoms with Gasteiger partial charge in [-0.2, -0.15) is 0 Å². The van der Waals surface area contributed by atoms with E-state index in [2.05, 4.69) is 42.2 Å². The maximum Gasteiger partial charge on any atom is 0.134 e. The summed E-state index contributed by atoms with van der Waals surface area (Å²) >= 11 is 6.92. The van der Waals surface area contributed by atoms with Crippen LogP contribution in [0.4, 0.5) is 0 Å². The molecule has 0 bridgehead atoms. The van der Waals surface area contributed by atoms with Crippen molar-refractivity contribution in [2.75, 3.05) is 20.3 Å². The van der Waals surface area contributed by atoms with Crippen LogP contribution < -0.4 is 14.8 Å². The molecule has 4 nitrogen and oxygen atoms in total. The first kappa shape index (κ1) is 16.3. The molecule has 112 valence electrons. The Balaban J connectivity index is 1.77. The van der Waals surface area contributed by atoms with Gasteiger partial charge in [0.1, 0.15) is 18.1 Å². The minimum atomic E-state index is 0.574. The van der Waals surface area contributed by atoms with Crippen LogP contribution in [0.15, 0.2) is 45.5 Å². The van der Waals surface area contributed by atoms with E-state index in [-0.39, 0.29) is 0 Å². The highest BCUT2D eigenvalue weighted by atomic mass is 79.9. The lowest BCUT2D eigenvalue weighted by Gasteiger charge is -2.11. The molecule has 1 heterocycles. The third kappa shape index (κ3) is 4.98. The van der Waals surface area contributed by atoms with Crippen LogP contribution >= 0.6 is 31.9 Å². The molecule has 0 unspecified atom stereocenters. The van der Waals surface area contributed by atoms with Crippen molar-refractivity contribution < 1.29 is 9.47 Å². The number of hydrogen-bond acceptors (Lipinski definition) is 4. The molecule has 2 aromatic rings. The molecular weight excluding hydrogens is 400 g/mol. The van der Waals surface area contributed by atoms with Gasteiger partial charge in [0, 0.05) is 19.3 Å². The summed E-state index contributed by atoms with van der Waals surface area (Å²) in [5.74, 6) is 1.55. The zero-order chi connectivity index (χ0) is 15.1. The van der Waals surface area contributed by atoms with Crippen LogP contribution in [-0.4, -0.2) is 25.2 Å². The van der Waals surface area contributed by atoms with Gasteiger partial charge in [-0.1, -0.05) is 6.07 Å². The van der Waals surface area contributed by atoms with Gasteiger partial charge in [-0.05, 0) is 56.1 Å². The molecule has 0 amide bonds. The second-order valence-corrected chi connectivity index (χ2v) is 5.97. The van der Waals surface area contributed by atoms with E-state index in [0.29, 0.717) is 6.61 Å². The summed E-state index contributed by atoms with van der Waals surface area (Å²) in [5, 5.41) is 3.29. The topological polar surface area (TPSA) is 43.4 Å². The van der Waals surface area contributed by atoms with Gasteiger partial charge in [0.05, 0.1) is 21.7 Å². The summed E-state index contributed by atoms with van der Waals surface area (Å²) in [4.78, 5) is 4.25. The Kier molecular flexibility index (Phi) is 6.48. The first-order valence-corrected chi connectivity index (χ1v) is 8.05. The molecule has 0 saturated carbocycles. The van der Waals surface area contributed by atoms with Crippen molar-refractivity contribution in [3.63, 3.8) is 0 Å². The van der Waals surface area contributed by atoms with E-state index in [1.165, 1.54) is 0 Å². The van der Waals surface area contributed by atoms with Gasteiger partial charge in [-0.25, -0.2) is 0 Å². The predicted molar refractivity (Wildman–Crippen MR) is 89.8 cm³/mol. The fourth-order valence-electron chi connectivity index (χ4n) is 1.73. The Morgan fingerprint density at radius 2 is 1.90 bits per heavy atom. The number of hydrogen-bond donors (Lipinski definition) is 1. The molecule has 2 rings (SSSR count). The second kappa shape index (κ2) is 8.36. The van der Waals surface area contributed by atoms with Gasteiger partial charge in [-0.3, -0.25) is 4.98 Å². The summed E-state index contributed by atoms with van der Waals surface area (Å²) in [7, 11) is 1.63. The smallest absolute Gasteiger partial charge is 0.134 e. The van der Waals surface area contributed by atoms with E-state index in [9.17, 15) is 0 Å². The molecule has 0 aliphatic rings. The lowest BCUT2D eigenvalue weighted by Crippen LogP contribution is -2.21. The van der Waals surface area contributed by atoms with E-state index < -0.39 is 0 Å². The Morgan fingerprint density at radius 3 is 2.62 bits per heavy atom. The molecule has 0 atom stereocenters. The highest BCUT2D eigenvalue weighted by molar-refractivity contribution is 9.11. The molecule has 1 N–H and O–H groups in total. The summed E-state index contributed by atoms with van der Waals surface area (Å²) in [5.41, 5.74) is 1.02. The van der Waals surface area contributed by atoms with Gasteiger partial charge < -0.3 is 14.8 Å². The molecule has 0 spiro atoms. The minimum Gasteiger partial charge on any atom is -0.496 e. The van der Waals surface area contributed by atoms with Crippen molar-refractivity contribution in [1.82, 2.24) is 10.3 Å². The van der Waals surface area contributed by atoms with Crippen LogP contribution in [-0.2, 0) is 6.54 Å². The number of ether oxygens (including phenoxy) is 2. The van der Waals surface area contributed by atoms with Crippen LogP contribution in [0.3, 0.4) is 0 Å². The SMILES string of the molecule is COc1cc(Br)c(OCCNCc2ccccn2)cc1Br. The fourth-order valence-corrected chi connectivity index (χ4v) is 2.65. The van der Waals surface area contributed by atoms with E-state index in [1.54, 1.807) is 13.3 Å². The Bertz CT molecular complexity index is 579. The Morgan fingerprint density at radius 1 is 1.14 bits per heavy atom. The number of aromatic nitrogens is 1. The molecule has 1 aromatic carbocycles. The van der Waals surface area contributed by atoms with Crippen molar-refractivity contribution in [2.45, 2.75) is 6.54 Å². The standard InChI is InChI=1S/C15H16Br2N2O2/c1-20-14-8-13(17)15(9-12(14)16)21-7-6-18-10-11-4-2-3-5-19-11/h2-5,8-9,18H,6-7,10H2,1H3. The zero-order valence-electron chi connectivity index (χ0n) is 11.6. The third-order valence-electron chi connectivity index (χ3n) is 2.77. The van der Waals surface area contributed by atoms with E-state index in [0.717, 1.165) is 39.2 Å². The van der Waals surface area contributed by atoms with E-state index in [4.69, 9.17) is 9.47 Å². The Hall–Kier alpha value is -1.11. The number of nitrogens with zero attached hydrogens (tertiary/aromatic N) is 1. The predicted octanol–water partition coefficient (Wildman–Crippen LogP) is 3.78. The van der Waals surface area contributed by atoms with Crippen molar-refractivity contribution in [2.24, 2.45) is 0 Å². The highest BCUT2D eigenvalue weighted by Crippen LogP contribution is 2.35. The summed E-state index contributed by atoms with van der Waals surface area (Å²) in [6.45, 7) is 2.05. The average molecular weight is 416 g/mol. The molecule has 0 fully saturated rings. The molecule has 0 saturated heterocycles. The van der Waals surface area contributed by atoms with Crippen LogP contribution in [0.2, 0.25) is 0 Å². The fraction of sp³-hybridized carbons (Fsp3) is 0.267. The summed E-state index contributed by atoms with van der Waals surface area (Å²) in [6.07, 6.45) is 1.79. The van der Waals surface area contributed by atoms with Crippen molar-refractivity contribution in [1.29, 1.82) is 0 Å². The lowest BCUT2D eigenvalue weighted by atomic mass is 10.3. The zero-order valence-corrected chi connectivity index (χ0v) is 14.8. The van der Waals surface area contributed by atoms with Crippen LogP contribution in [0.5, 0.6) is 11.5 Å². The van der Waals surface area contributed by atoms with Gasteiger partial charge in [0.15, 0.2) is 0 Å². The van der Waals surface area contributed by atoms with Crippen LogP contribution in [0, 0.1) is 0 Å². The first-order valence-electron chi connectivity index (χ1n) is 6.47. The number of nitrogens with one attached hydrogen (secondary N) is 1. The highest BCUT2D eigenvalue weighted by Gasteiger charge is 2.07. The van der Waals surface area contributed by atoms with E-state index in [1.807, 2.05) is 30.3 Å². The lowest BCUT2D eigenvalue weighted by molar-refractivity contribution is 0.310. The van der Waals surface area contributed by atoms with E-state index >= 15 is 0 Å². The number of rotatable bonds is 7. The molecule has 0 aliphatic heterocycles. The normalized spacial score (nSPS) is 10.4. The van der Waals surface area contributed by atoms with Crippen molar-refractivity contribution in [3.05, 3.63) is 51.2 Å². The van der Waals surface area contributed by atoms with Crippen LogP contribution in [0.1, 0.15) is 5.69 Å². The first-order chi connectivity index (χ1) is 10.2. The second-order valence-electron chi connectivity index (χ2n) is 4.26. The molecule has 0 radical (unpaired) electrons. The van der Waals surface area contributed by atoms with Crippen molar-refractivity contribution >= 4 is 31.9 Å². The van der Waals surface area contributed by atoms with Gasteiger partial charge in [0.2, 0.25) is 0 Å². The Labute approximate surface area is 141 Å². The molecule has 1 aromatic heterocycles. The monoisotopic (exact) mass is 414 g/mol. The average Bonchev–Trinajstić information content (AvgIpc) is 2.51. The quantitative estimate of drug-likeness (QED) is 0.698. The number of methoxy groups -OCH3 is 1.